The second-order valence-electron chi connectivity index (χ2n) is 13.1. The molecule has 2 heterocycles. The molecule has 8 atom stereocenters. The third-order valence-electron chi connectivity index (χ3n) is 10.2. The van der Waals surface area contributed by atoms with E-state index < -0.39 is 63.2 Å². The molecular weight excluding hydrogens is 462 g/mol. The standard InChI is InChI=1S/C28H45NO7/c1-8-24(5)17-20(31)28(34)25(6,36-24)16-19(30)21-23(3,4)12-13-27(33,26(21,28)7)35-22(32)18(2)29-14-10-9-11-15-29/h8,18-19,21,30,33-34H,1,9-17H2,2-7H3/t18?,19-,21+,24+,25-,26-,27-,28-/m1/s1. The van der Waals surface area contributed by atoms with Crippen LogP contribution in [-0.2, 0) is 19.1 Å². The van der Waals surface area contributed by atoms with Crippen LogP contribution in [-0.4, -0.2) is 79.8 Å². The van der Waals surface area contributed by atoms with Gasteiger partial charge in [-0.25, -0.2) is 0 Å². The predicted octanol–water partition coefficient (Wildman–Crippen LogP) is 2.72. The number of ketones is 1. The number of fused-ring (bicyclic) bond motifs is 3. The molecule has 0 aromatic heterocycles. The zero-order chi connectivity index (χ0) is 26.9. The summed E-state index contributed by atoms with van der Waals surface area (Å²) in [4.78, 5) is 29.4. The van der Waals surface area contributed by atoms with Crippen LogP contribution in [0.15, 0.2) is 12.7 Å². The van der Waals surface area contributed by atoms with Crippen LogP contribution in [0.1, 0.15) is 86.5 Å². The number of nitrogens with zero attached hydrogens (tertiary/aromatic N) is 1. The van der Waals surface area contributed by atoms with Crippen molar-refractivity contribution >= 4 is 11.8 Å². The van der Waals surface area contributed by atoms with Gasteiger partial charge in [0.25, 0.3) is 0 Å². The van der Waals surface area contributed by atoms with Crippen LogP contribution < -0.4 is 0 Å². The summed E-state index contributed by atoms with van der Waals surface area (Å²) in [5.41, 5.74) is -7.08. The van der Waals surface area contributed by atoms with Crippen molar-refractivity contribution in [3.05, 3.63) is 12.7 Å². The number of hydrogen-bond acceptors (Lipinski definition) is 8. The number of piperidine rings is 1. The number of carbonyl (C=O) groups is 2. The Morgan fingerprint density at radius 3 is 2.33 bits per heavy atom. The molecule has 8 nitrogen and oxygen atoms in total. The number of aliphatic hydroxyl groups excluding tert-OH is 1. The van der Waals surface area contributed by atoms with Crippen molar-refractivity contribution in [1.29, 1.82) is 0 Å². The van der Waals surface area contributed by atoms with Gasteiger partial charge in [-0.1, -0.05) is 26.3 Å². The lowest BCUT2D eigenvalue weighted by atomic mass is 9.39. The van der Waals surface area contributed by atoms with Gasteiger partial charge in [-0.2, -0.15) is 0 Å². The average molecular weight is 508 g/mol. The average Bonchev–Trinajstić information content (AvgIpc) is 2.79. The predicted molar refractivity (Wildman–Crippen MR) is 134 cm³/mol. The van der Waals surface area contributed by atoms with Crippen molar-refractivity contribution in [2.75, 3.05) is 13.1 Å². The molecule has 0 aromatic carbocycles. The number of rotatable bonds is 4. The van der Waals surface area contributed by atoms with E-state index in [1.807, 2.05) is 18.7 Å². The number of likely N-dealkylation sites (tertiary alicyclic amines) is 1. The Morgan fingerprint density at radius 2 is 1.75 bits per heavy atom. The van der Waals surface area contributed by atoms with Gasteiger partial charge in [0.15, 0.2) is 11.4 Å². The molecule has 0 aromatic rings. The number of carbonyl (C=O) groups excluding carboxylic acids is 2. The molecule has 0 bridgehead atoms. The maximum atomic E-state index is 13.9. The van der Waals surface area contributed by atoms with Crippen molar-refractivity contribution in [3.63, 3.8) is 0 Å². The molecule has 4 fully saturated rings. The van der Waals surface area contributed by atoms with Gasteiger partial charge in [-0.05, 0) is 65.5 Å². The smallest absolute Gasteiger partial charge is 0.325 e. The summed E-state index contributed by atoms with van der Waals surface area (Å²) in [6, 6.07) is -0.580. The largest absolute Gasteiger partial charge is 0.431 e. The Morgan fingerprint density at radius 1 is 1.14 bits per heavy atom. The van der Waals surface area contributed by atoms with Crippen molar-refractivity contribution in [2.45, 2.75) is 121 Å². The Labute approximate surface area is 215 Å². The van der Waals surface area contributed by atoms with Crippen molar-refractivity contribution in [2.24, 2.45) is 16.7 Å². The number of esters is 1. The number of hydrogen-bond donors (Lipinski definition) is 3. The molecule has 2 aliphatic carbocycles. The van der Waals surface area contributed by atoms with E-state index in [0.717, 1.165) is 32.4 Å². The fourth-order valence-corrected chi connectivity index (χ4v) is 8.23. The van der Waals surface area contributed by atoms with E-state index >= 15 is 0 Å². The third kappa shape index (κ3) is 3.66. The van der Waals surface area contributed by atoms with Crippen molar-refractivity contribution < 1.29 is 34.4 Å². The fraction of sp³-hybridized carbons (Fsp3) is 0.857. The first-order valence-corrected chi connectivity index (χ1v) is 13.5. The molecule has 4 rings (SSSR count). The molecule has 204 valence electrons. The van der Waals surface area contributed by atoms with Crippen molar-refractivity contribution in [3.8, 4) is 0 Å². The Balaban J connectivity index is 1.81. The normalized spacial score (nSPS) is 47.9. The molecule has 2 saturated carbocycles. The fourth-order valence-electron chi connectivity index (χ4n) is 8.23. The quantitative estimate of drug-likeness (QED) is 0.302. The topological polar surface area (TPSA) is 117 Å². The van der Waals surface area contributed by atoms with Gasteiger partial charge in [0.05, 0.1) is 17.1 Å². The molecule has 4 aliphatic rings. The summed E-state index contributed by atoms with van der Waals surface area (Å²) in [6.07, 6.45) is 3.95. The zero-order valence-electron chi connectivity index (χ0n) is 22.8. The van der Waals surface area contributed by atoms with Gasteiger partial charge in [0.1, 0.15) is 11.6 Å². The van der Waals surface area contributed by atoms with Gasteiger partial charge in [-0.3, -0.25) is 14.5 Å². The van der Waals surface area contributed by atoms with E-state index in [1.54, 1.807) is 27.7 Å². The minimum Gasteiger partial charge on any atom is -0.431 e. The lowest BCUT2D eigenvalue weighted by Gasteiger charge is -2.71. The summed E-state index contributed by atoms with van der Waals surface area (Å²) < 4.78 is 12.3. The van der Waals surface area contributed by atoms with Crippen molar-refractivity contribution in [1.82, 2.24) is 4.90 Å². The second-order valence-corrected chi connectivity index (χ2v) is 13.1. The Kier molecular flexibility index (Phi) is 6.62. The first-order chi connectivity index (χ1) is 16.5. The van der Waals surface area contributed by atoms with Gasteiger partial charge in [0.2, 0.25) is 5.79 Å². The zero-order valence-corrected chi connectivity index (χ0v) is 22.8. The van der Waals surface area contributed by atoms with Crippen LogP contribution in [0, 0.1) is 16.7 Å². The van der Waals surface area contributed by atoms with Crippen LogP contribution in [0.5, 0.6) is 0 Å². The molecule has 0 spiro atoms. The summed E-state index contributed by atoms with van der Waals surface area (Å²) in [6.45, 7) is 16.0. The SMILES string of the molecule is C=C[C@@]1(C)CC(=O)[C@]2(O)[C@]3(C)[C@@H]([C@H](O)C[C@@]2(C)O1)C(C)(C)CC[C@@]3(O)OC(=O)C(C)N1CCCCC1. The van der Waals surface area contributed by atoms with Gasteiger partial charge in [0, 0.05) is 25.2 Å². The minimum absolute atomic E-state index is 0.00341. The van der Waals surface area contributed by atoms with E-state index in [-0.39, 0.29) is 19.3 Å². The third-order valence-corrected chi connectivity index (χ3v) is 10.2. The highest BCUT2D eigenvalue weighted by atomic mass is 16.7. The maximum Gasteiger partial charge on any atom is 0.325 e. The molecular formula is C28H45NO7. The van der Waals surface area contributed by atoms with Gasteiger partial charge >= 0.3 is 5.97 Å². The minimum atomic E-state index is -2.21. The maximum absolute atomic E-state index is 13.9. The lowest BCUT2D eigenvalue weighted by molar-refractivity contribution is -0.401. The van der Waals surface area contributed by atoms with E-state index in [1.165, 1.54) is 6.08 Å². The molecule has 0 radical (unpaired) electrons. The van der Waals surface area contributed by atoms with Gasteiger partial charge < -0.3 is 24.8 Å². The van der Waals surface area contributed by atoms with E-state index in [4.69, 9.17) is 9.47 Å². The first kappa shape index (κ1) is 27.7. The van der Waals surface area contributed by atoms with Crippen LogP contribution in [0.2, 0.25) is 0 Å². The highest BCUT2D eigenvalue weighted by molar-refractivity contribution is 5.92. The Bertz CT molecular complexity index is 931. The van der Waals surface area contributed by atoms with E-state index in [9.17, 15) is 24.9 Å². The van der Waals surface area contributed by atoms with Crippen LogP contribution in [0.25, 0.3) is 0 Å². The molecule has 0 amide bonds. The summed E-state index contributed by atoms with van der Waals surface area (Å²) in [5.74, 6) is -4.02. The van der Waals surface area contributed by atoms with Crippen LogP contribution in [0.4, 0.5) is 0 Å². The second kappa shape index (κ2) is 8.60. The summed E-state index contributed by atoms with van der Waals surface area (Å²) >= 11 is 0. The molecule has 3 N–H and O–H groups in total. The molecule has 8 heteroatoms. The number of aliphatic hydroxyl groups is 3. The first-order valence-electron chi connectivity index (χ1n) is 13.5. The van der Waals surface area contributed by atoms with Gasteiger partial charge in [-0.15, -0.1) is 6.58 Å². The molecule has 2 aliphatic heterocycles. The lowest BCUT2D eigenvalue weighted by Crippen LogP contribution is -2.85. The molecule has 2 saturated heterocycles. The monoisotopic (exact) mass is 507 g/mol. The van der Waals surface area contributed by atoms with Crippen LogP contribution in [0.3, 0.4) is 0 Å². The summed E-state index contributed by atoms with van der Waals surface area (Å²) in [5, 5.41) is 36.3. The highest BCUT2D eigenvalue weighted by Crippen LogP contribution is 2.69. The summed E-state index contributed by atoms with van der Waals surface area (Å²) in [7, 11) is 0. The highest BCUT2D eigenvalue weighted by Gasteiger charge is 2.82. The number of ether oxygens (including phenoxy) is 2. The van der Waals surface area contributed by atoms with E-state index in [0.29, 0.717) is 6.42 Å². The number of Topliss-reactive ketones (excluding diaryl/α,β-unsaturated/α-hetero) is 1. The van der Waals surface area contributed by atoms with E-state index in [2.05, 4.69) is 6.58 Å². The molecule has 36 heavy (non-hydrogen) atoms. The van der Waals surface area contributed by atoms with Crippen LogP contribution >= 0.6 is 0 Å². The Hall–Kier alpha value is -1.32. The molecule has 1 unspecified atom stereocenters.